The van der Waals surface area contributed by atoms with Crippen LogP contribution in [0.5, 0.6) is 0 Å². The smallest absolute Gasteiger partial charge is 0.0390 e. The molecule has 0 aliphatic heterocycles. The Morgan fingerprint density at radius 3 is 1.33 bits per heavy atom. The van der Waals surface area contributed by atoms with Gasteiger partial charge in [-0.3, -0.25) is 0 Å². The third-order valence-electron chi connectivity index (χ3n) is 7.41. The number of benzene rings is 7. The predicted molar refractivity (Wildman–Crippen MR) is 167 cm³/mol. The largest absolute Gasteiger partial charge is 0.355 e. The summed E-state index contributed by atoms with van der Waals surface area (Å²) in [5.41, 5.74) is 9.47. The monoisotopic (exact) mass is 497 g/mol. The molecule has 0 unspecified atom stereocenters. The van der Waals surface area contributed by atoms with Gasteiger partial charge in [0.25, 0.3) is 0 Å². The Bertz CT molecular complexity index is 1940. The van der Waals surface area contributed by atoms with Crippen LogP contribution in [-0.2, 0) is 0 Å². The van der Waals surface area contributed by atoms with Crippen LogP contribution in [0.2, 0.25) is 0 Å². The molecule has 0 saturated heterocycles. The second kappa shape index (κ2) is 9.96. The standard InChI is InChI=1S/C38H27N/c1-3-20-35-27(10-1)12-8-22-37(35)31-16-5-14-29(24-31)30-15-6-18-33(25-30)39-34-19-7-17-32(26-34)38-23-9-13-28-11-2-4-21-36(28)38/h1-26,39H. The lowest BCUT2D eigenvalue weighted by atomic mass is 9.95. The maximum Gasteiger partial charge on any atom is 0.0390 e. The lowest BCUT2D eigenvalue weighted by Gasteiger charge is -2.13. The molecule has 0 bridgehead atoms. The second-order valence-electron chi connectivity index (χ2n) is 9.92. The summed E-state index contributed by atoms with van der Waals surface area (Å²) in [6.45, 7) is 0. The molecule has 0 spiro atoms. The molecule has 1 nitrogen and oxygen atoms in total. The van der Waals surface area contributed by atoms with Gasteiger partial charge in [0.15, 0.2) is 0 Å². The van der Waals surface area contributed by atoms with Gasteiger partial charge in [0, 0.05) is 11.4 Å². The van der Waals surface area contributed by atoms with Crippen LogP contribution in [0.3, 0.4) is 0 Å². The zero-order valence-corrected chi connectivity index (χ0v) is 21.5. The van der Waals surface area contributed by atoms with Gasteiger partial charge >= 0.3 is 0 Å². The predicted octanol–water partition coefficient (Wildman–Crippen LogP) is 10.7. The SMILES string of the molecule is c1cc(Nc2cccc(-c3cccc4ccccc34)c2)cc(-c2cccc(-c3cccc4ccccc34)c2)c1. The minimum Gasteiger partial charge on any atom is -0.355 e. The van der Waals surface area contributed by atoms with Crippen LogP contribution in [0.15, 0.2) is 158 Å². The fourth-order valence-electron chi connectivity index (χ4n) is 5.53. The van der Waals surface area contributed by atoms with Crippen molar-refractivity contribution in [2.45, 2.75) is 0 Å². The summed E-state index contributed by atoms with van der Waals surface area (Å²) >= 11 is 0. The van der Waals surface area contributed by atoms with E-state index in [1.54, 1.807) is 0 Å². The molecule has 1 N–H and O–H groups in total. The first-order valence-corrected chi connectivity index (χ1v) is 13.4. The van der Waals surface area contributed by atoms with Gasteiger partial charge in [-0.2, -0.15) is 0 Å². The van der Waals surface area contributed by atoms with Crippen LogP contribution >= 0.6 is 0 Å². The van der Waals surface area contributed by atoms with E-state index in [-0.39, 0.29) is 0 Å². The number of fused-ring (bicyclic) bond motifs is 2. The van der Waals surface area contributed by atoms with Crippen LogP contribution in [0.25, 0.3) is 54.9 Å². The molecule has 0 heterocycles. The number of hydrogen-bond donors (Lipinski definition) is 1. The molecule has 0 aromatic heterocycles. The molecule has 0 fully saturated rings. The maximum absolute atomic E-state index is 3.64. The van der Waals surface area contributed by atoms with E-state index in [4.69, 9.17) is 0 Å². The molecule has 0 saturated carbocycles. The van der Waals surface area contributed by atoms with E-state index >= 15 is 0 Å². The molecule has 0 radical (unpaired) electrons. The van der Waals surface area contributed by atoms with Gasteiger partial charge in [-0.1, -0.05) is 127 Å². The molecule has 7 aromatic carbocycles. The Hall–Kier alpha value is -5.14. The molecule has 7 rings (SSSR count). The summed E-state index contributed by atoms with van der Waals surface area (Å²) in [4.78, 5) is 0. The maximum atomic E-state index is 3.64. The highest BCUT2D eigenvalue weighted by atomic mass is 14.9. The molecule has 1 heteroatoms. The van der Waals surface area contributed by atoms with Crippen LogP contribution in [0.4, 0.5) is 11.4 Å². The minimum atomic E-state index is 1.07. The van der Waals surface area contributed by atoms with E-state index < -0.39 is 0 Å². The van der Waals surface area contributed by atoms with Crippen LogP contribution in [-0.4, -0.2) is 0 Å². The van der Waals surface area contributed by atoms with E-state index in [0.29, 0.717) is 0 Å². The molecule has 184 valence electrons. The zero-order valence-electron chi connectivity index (χ0n) is 21.5. The fourth-order valence-corrected chi connectivity index (χ4v) is 5.53. The molecular weight excluding hydrogens is 470 g/mol. The lowest BCUT2D eigenvalue weighted by molar-refractivity contribution is 1.53. The zero-order chi connectivity index (χ0) is 26.0. The van der Waals surface area contributed by atoms with Gasteiger partial charge in [0.2, 0.25) is 0 Å². The highest BCUT2D eigenvalue weighted by Gasteiger charge is 2.08. The van der Waals surface area contributed by atoms with Crippen molar-refractivity contribution in [2.24, 2.45) is 0 Å². The average molecular weight is 498 g/mol. The second-order valence-corrected chi connectivity index (χ2v) is 9.92. The van der Waals surface area contributed by atoms with E-state index in [1.807, 2.05) is 0 Å². The van der Waals surface area contributed by atoms with Crippen LogP contribution in [0.1, 0.15) is 0 Å². The third kappa shape index (κ3) is 4.56. The Morgan fingerprint density at radius 1 is 0.308 bits per heavy atom. The van der Waals surface area contributed by atoms with Gasteiger partial charge < -0.3 is 5.32 Å². The average Bonchev–Trinajstić information content (AvgIpc) is 3.01. The number of anilines is 2. The first-order valence-electron chi connectivity index (χ1n) is 13.4. The van der Waals surface area contributed by atoms with Crippen molar-refractivity contribution in [3.63, 3.8) is 0 Å². The van der Waals surface area contributed by atoms with Crippen molar-refractivity contribution < 1.29 is 0 Å². The highest BCUT2D eigenvalue weighted by molar-refractivity contribution is 5.98. The number of rotatable bonds is 5. The van der Waals surface area contributed by atoms with Crippen molar-refractivity contribution >= 4 is 32.9 Å². The van der Waals surface area contributed by atoms with Gasteiger partial charge in [0.05, 0.1) is 0 Å². The van der Waals surface area contributed by atoms with Crippen molar-refractivity contribution in [2.75, 3.05) is 5.32 Å². The quantitative estimate of drug-likeness (QED) is 0.249. The van der Waals surface area contributed by atoms with E-state index in [2.05, 4.69) is 163 Å². The fraction of sp³-hybridized carbons (Fsp3) is 0. The number of nitrogens with one attached hydrogen (secondary N) is 1. The summed E-state index contributed by atoms with van der Waals surface area (Å²) in [6, 6.07) is 56.3. The summed E-state index contributed by atoms with van der Waals surface area (Å²) in [7, 11) is 0. The van der Waals surface area contributed by atoms with Crippen molar-refractivity contribution in [3.05, 3.63) is 158 Å². The van der Waals surface area contributed by atoms with E-state index in [1.165, 1.54) is 54.9 Å². The Balaban J connectivity index is 1.20. The Kier molecular flexibility index (Phi) is 5.88. The lowest BCUT2D eigenvalue weighted by Crippen LogP contribution is -1.92. The van der Waals surface area contributed by atoms with Gasteiger partial charge in [-0.15, -0.1) is 0 Å². The molecular formula is C38H27N. The number of hydrogen-bond acceptors (Lipinski definition) is 1. The van der Waals surface area contributed by atoms with Crippen LogP contribution in [0, 0.1) is 0 Å². The van der Waals surface area contributed by atoms with Crippen LogP contribution < -0.4 is 5.32 Å². The van der Waals surface area contributed by atoms with Gasteiger partial charge in [0.1, 0.15) is 0 Å². The first-order chi connectivity index (χ1) is 19.3. The molecule has 7 aromatic rings. The molecule has 0 amide bonds. The minimum absolute atomic E-state index is 1.07. The van der Waals surface area contributed by atoms with Crippen molar-refractivity contribution in [3.8, 4) is 33.4 Å². The topological polar surface area (TPSA) is 12.0 Å². The van der Waals surface area contributed by atoms with E-state index in [9.17, 15) is 0 Å². The summed E-state index contributed by atoms with van der Waals surface area (Å²) in [5, 5.41) is 8.71. The van der Waals surface area contributed by atoms with E-state index in [0.717, 1.165) is 11.4 Å². The molecule has 39 heavy (non-hydrogen) atoms. The normalized spacial score (nSPS) is 11.1. The molecule has 0 aliphatic rings. The van der Waals surface area contributed by atoms with Gasteiger partial charge in [-0.05, 0) is 85.3 Å². The molecule has 0 aliphatic carbocycles. The van der Waals surface area contributed by atoms with Crippen molar-refractivity contribution in [1.82, 2.24) is 0 Å². The summed E-state index contributed by atoms with van der Waals surface area (Å²) < 4.78 is 0. The Morgan fingerprint density at radius 2 is 0.718 bits per heavy atom. The Labute approximate surface area is 229 Å². The summed E-state index contributed by atoms with van der Waals surface area (Å²) in [6.07, 6.45) is 0. The molecule has 0 atom stereocenters. The summed E-state index contributed by atoms with van der Waals surface area (Å²) in [5.74, 6) is 0. The highest BCUT2D eigenvalue weighted by Crippen LogP contribution is 2.34. The van der Waals surface area contributed by atoms with Gasteiger partial charge in [-0.25, -0.2) is 0 Å². The first kappa shape index (κ1) is 23.0. The third-order valence-corrected chi connectivity index (χ3v) is 7.41. The van der Waals surface area contributed by atoms with Crippen molar-refractivity contribution in [1.29, 1.82) is 0 Å².